The predicted molar refractivity (Wildman–Crippen MR) is 130 cm³/mol. The van der Waals surface area contributed by atoms with Crippen LogP contribution in [0.3, 0.4) is 0 Å². The average molecular weight is 466 g/mol. The molecule has 2 aromatic carbocycles. The Balaban J connectivity index is 1.38. The summed E-state index contributed by atoms with van der Waals surface area (Å²) in [5, 5.41) is 4.11. The van der Waals surface area contributed by atoms with Crippen molar-refractivity contribution in [3.05, 3.63) is 65.8 Å². The van der Waals surface area contributed by atoms with Gasteiger partial charge in [-0.05, 0) is 93.6 Å². The summed E-state index contributed by atoms with van der Waals surface area (Å²) in [4.78, 5) is 6.72. The molecule has 1 aromatic heterocycles. The first-order chi connectivity index (χ1) is 16.5. The smallest absolute Gasteiger partial charge is 0.250 e. The van der Waals surface area contributed by atoms with E-state index in [2.05, 4.69) is 35.2 Å². The Morgan fingerprint density at radius 3 is 2.47 bits per heavy atom. The second kappa shape index (κ2) is 10.8. The van der Waals surface area contributed by atoms with E-state index in [9.17, 15) is 4.39 Å². The second-order valence-electron chi connectivity index (χ2n) is 9.02. The minimum absolute atomic E-state index is 0.173. The highest BCUT2D eigenvalue weighted by molar-refractivity contribution is 5.61. The van der Waals surface area contributed by atoms with Crippen LogP contribution in [0.15, 0.2) is 53.1 Å². The topological polar surface area (TPSA) is 60.6 Å². The maximum atomic E-state index is 13.8. The summed E-state index contributed by atoms with van der Waals surface area (Å²) in [6.45, 7) is 0. The molecule has 1 fully saturated rings. The van der Waals surface area contributed by atoms with E-state index in [1.807, 2.05) is 30.3 Å². The van der Waals surface area contributed by atoms with Gasteiger partial charge in [0.15, 0.2) is 11.5 Å². The van der Waals surface area contributed by atoms with Gasteiger partial charge in [0.2, 0.25) is 5.82 Å². The Labute approximate surface area is 200 Å². The standard InChI is InChI=1S/C27H32FN3O3/c1-31(2)26(20-6-5-7-22(28)16-20)19-11-8-18(9-12-19)10-15-25-29-27(30-34-25)21-13-14-23(32-3)24(17-21)33-4/h5-7,10,13-19,26H,8-9,11-12H2,1-4H3/b15-10+. The van der Waals surface area contributed by atoms with E-state index in [-0.39, 0.29) is 11.9 Å². The number of rotatable bonds is 8. The zero-order valence-electron chi connectivity index (χ0n) is 20.2. The van der Waals surface area contributed by atoms with Crippen LogP contribution >= 0.6 is 0 Å². The lowest BCUT2D eigenvalue weighted by molar-refractivity contribution is 0.159. The average Bonchev–Trinajstić information content (AvgIpc) is 3.32. The van der Waals surface area contributed by atoms with Gasteiger partial charge in [0.25, 0.3) is 5.89 Å². The summed E-state index contributed by atoms with van der Waals surface area (Å²) in [7, 11) is 7.35. The van der Waals surface area contributed by atoms with Crippen LogP contribution in [0.4, 0.5) is 4.39 Å². The van der Waals surface area contributed by atoms with Gasteiger partial charge < -0.3 is 18.9 Å². The molecule has 0 N–H and O–H groups in total. The van der Waals surface area contributed by atoms with Crippen LogP contribution in [0.25, 0.3) is 17.5 Å². The molecular formula is C27H32FN3O3. The number of allylic oxidation sites excluding steroid dienone is 1. The van der Waals surface area contributed by atoms with E-state index in [1.54, 1.807) is 26.4 Å². The van der Waals surface area contributed by atoms with Gasteiger partial charge >= 0.3 is 0 Å². The largest absolute Gasteiger partial charge is 0.493 e. The van der Waals surface area contributed by atoms with Crippen molar-refractivity contribution in [2.75, 3.05) is 28.3 Å². The molecule has 180 valence electrons. The lowest BCUT2D eigenvalue weighted by atomic mass is 9.76. The molecule has 1 heterocycles. The van der Waals surface area contributed by atoms with Gasteiger partial charge in [-0.3, -0.25) is 0 Å². The van der Waals surface area contributed by atoms with Crippen LogP contribution in [0.2, 0.25) is 0 Å². The van der Waals surface area contributed by atoms with E-state index in [4.69, 9.17) is 14.0 Å². The first-order valence-electron chi connectivity index (χ1n) is 11.6. The monoisotopic (exact) mass is 465 g/mol. The summed E-state index contributed by atoms with van der Waals surface area (Å²) in [5.41, 5.74) is 1.85. The van der Waals surface area contributed by atoms with Gasteiger partial charge in [-0.15, -0.1) is 0 Å². The summed E-state index contributed by atoms with van der Waals surface area (Å²) in [5.74, 6) is 3.05. The highest BCUT2D eigenvalue weighted by Gasteiger charge is 2.29. The molecule has 0 bridgehead atoms. The molecule has 7 heteroatoms. The molecular weight excluding hydrogens is 433 g/mol. The third-order valence-corrected chi connectivity index (χ3v) is 6.60. The molecule has 1 saturated carbocycles. The van der Waals surface area contributed by atoms with Gasteiger partial charge in [-0.1, -0.05) is 23.4 Å². The fourth-order valence-electron chi connectivity index (χ4n) is 4.95. The SMILES string of the molecule is COc1ccc(-c2noc(/C=C/C3CCC(C(c4cccc(F)c4)N(C)C)CC3)n2)cc1OC. The molecule has 1 aliphatic carbocycles. The number of hydrogen-bond donors (Lipinski definition) is 0. The maximum Gasteiger partial charge on any atom is 0.250 e. The number of ether oxygens (including phenoxy) is 2. The number of halogens is 1. The molecule has 1 aliphatic rings. The first-order valence-corrected chi connectivity index (χ1v) is 11.6. The molecule has 1 atom stereocenters. The molecule has 34 heavy (non-hydrogen) atoms. The lowest BCUT2D eigenvalue weighted by Gasteiger charge is -2.37. The number of benzene rings is 2. The van der Waals surface area contributed by atoms with Crippen LogP contribution in [0.5, 0.6) is 11.5 Å². The van der Waals surface area contributed by atoms with Crippen LogP contribution in [-0.2, 0) is 0 Å². The maximum absolute atomic E-state index is 13.8. The third kappa shape index (κ3) is 5.47. The van der Waals surface area contributed by atoms with Gasteiger partial charge in [-0.2, -0.15) is 4.98 Å². The van der Waals surface area contributed by atoms with E-state index in [0.717, 1.165) is 36.8 Å². The molecule has 1 unspecified atom stereocenters. The van der Waals surface area contributed by atoms with Crippen LogP contribution in [-0.4, -0.2) is 43.4 Å². The molecule has 0 radical (unpaired) electrons. The van der Waals surface area contributed by atoms with Gasteiger partial charge in [0.1, 0.15) is 5.82 Å². The highest BCUT2D eigenvalue weighted by Crippen LogP contribution is 2.40. The van der Waals surface area contributed by atoms with Crippen molar-refractivity contribution in [1.82, 2.24) is 15.0 Å². The summed E-state index contributed by atoms with van der Waals surface area (Å²) in [6.07, 6.45) is 8.44. The third-order valence-electron chi connectivity index (χ3n) is 6.60. The van der Waals surface area contributed by atoms with Crippen LogP contribution in [0, 0.1) is 17.7 Å². The normalized spacial score (nSPS) is 19.5. The Bertz CT molecular complexity index is 1120. The van der Waals surface area contributed by atoms with Crippen molar-refractivity contribution in [2.45, 2.75) is 31.7 Å². The molecule has 3 aromatic rings. The number of methoxy groups -OCH3 is 2. The summed E-state index contributed by atoms with van der Waals surface area (Å²) < 4.78 is 29.9. The van der Waals surface area contributed by atoms with Crippen molar-refractivity contribution < 1.29 is 18.4 Å². The predicted octanol–water partition coefficient (Wildman–Crippen LogP) is 6.02. The summed E-state index contributed by atoms with van der Waals surface area (Å²) >= 11 is 0. The Kier molecular flexibility index (Phi) is 7.63. The lowest BCUT2D eigenvalue weighted by Crippen LogP contribution is -2.30. The Hall–Kier alpha value is -3.19. The fraction of sp³-hybridized carbons (Fsp3) is 0.407. The van der Waals surface area contributed by atoms with Crippen molar-refractivity contribution in [3.8, 4) is 22.9 Å². The van der Waals surface area contributed by atoms with Crippen molar-refractivity contribution >= 4 is 6.08 Å². The van der Waals surface area contributed by atoms with Gasteiger partial charge in [0, 0.05) is 11.6 Å². The molecule has 0 aliphatic heterocycles. The number of nitrogens with zero attached hydrogens (tertiary/aromatic N) is 3. The number of hydrogen-bond acceptors (Lipinski definition) is 6. The van der Waals surface area contributed by atoms with E-state index in [1.165, 1.54) is 6.07 Å². The van der Waals surface area contributed by atoms with Crippen LogP contribution in [0.1, 0.15) is 43.2 Å². The van der Waals surface area contributed by atoms with E-state index < -0.39 is 0 Å². The van der Waals surface area contributed by atoms with Crippen molar-refractivity contribution in [3.63, 3.8) is 0 Å². The Morgan fingerprint density at radius 2 is 1.79 bits per heavy atom. The highest BCUT2D eigenvalue weighted by atomic mass is 19.1. The molecule has 0 saturated heterocycles. The van der Waals surface area contributed by atoms with Crippen LogP contribution < -0.4 is 9.47 Å². The zero-order valence-corrected chi connectivity index (χ0v) is 20.2. The van der Waals surface area contributed by atoms with Gasteiger partial charge in [-0.25, -0.2) is 4.39 Å². The number of aromatic nitrogens is 2. The minimum Gasteiger partial charge on any atom is -0.493 e. The fourth-order valence-corrected chi connectivity index (χ4v) is 4.95. The molecule has 4 rings (SSSR count). The minimum atomic E-state index is -0.173. The van der Waals surface area contributed by atoms with E-state index >= 15 is 0 Å². The van der Waals surface area contributed by atoms with E-state index in [0.29, 0.717) is 35.0 Å². The molecule has 0 spiro atoms. The van der Waals surface area contributed by atoms with Crippen molar-refractivity contribution in [1.29, 1.82) is 0 Å². The second-order valence-corrected chi connectivity index (χ2v) is 9.02. The van der Waals surface area contributed by atoms with Crippen molar-refractivity contribution in [2.24, 2.45) is 11.8 Å². The summed E-state index contributed by atoms with van der Waals surface area (Å²) in [6, 6.07) is 12.8. The van der Waals surface area contributed by atoms with Gasteiger partial charge in [0.05, 0.1) is 14.2 Å². The zero-order chi connectivity index (χ0) is 24.1. The quantitative estimate of drug-likeness (QED) is 0.406. The molecule has 6 nitrogen and oxygen atoms in total. The first kappa shape index (κ1) is 24.0. The Morgan fingerprint density at radius 1 is 1.03 bits per heavy atom. The molecule has 0 amide bonds.